The van der Waals surface area contributed by atoms with E-state index in [0.717, 1.165) is 11.3 Å². The zero-order valence-corrected chi connectivity index (χ0v) is 6.84. The van der Waals surface area contributed by atoms with E-state index in [1.807, 2.05) is 37.2 Å². The Morgan fingerprint density at radius 1 is 1.36 bits per heavy atom. The first-order chi connectivity index (χ1) is 5.24. The van der Waals surface area contributed by atoms with Crippen LogP contribution in [0.25, 0.3) is 0 Å². The zero-order chi connectivity index (χ0) is 8.27. The fourth-order valence-corrected chi connectivity index (χ4v) is 0.918. The third kappa shape index (κ3) is 1.93. The van der Waals surface area contributed by atoms with E-state index in [9.17, 15) is 4.39 Å². The molecule has 0 aliphatic heterocycles. The first-order valence-corrected chi connectivity index (χ1v) is 3.56. The number of rotatable bonds is 2. The molecule has 1 nitrogen and oxygen atoms in total. The second-order valence-electron chi connectivity index (χ2n) is 2.70. The molecule has 0 unspecified atom stereocenters. The molecule has 0 aliphatic carbocycles. The van der Waals surface area contributed by atoms with Crippen molar-refractivity contribution in [2.75, 3.05) is 19.0 Å². The summed E-state index contributed by atoms with van der Waals surface area (Å²) in [5.41, 5.74) is 1.77. The smallest absolute Gasteiger partial charge is 0.115 e. The molecule has 0 amide bonds. The number of nitrogens with zero attached hydrogens (tertiary/aromatic N) is 1. The highest BCUT2D eigenvalue weighted by atomic mass is 19.1. The summed E-state index contributed by atoms with van der Waals surface area (Å²) in [6, 6.07) is 7.45. The largest absolute Gasteiger partial charge is 0.378 e. The highest BCUT2D eigenvalue weighted by Gasteiger charge is 1.95. The van der Waals surface area contributed by atoms with Crippen LogP contribution in [0.15, 0.2) is 24.3 Å². The molecule has 0 aliphatic rings. The van der Waals surface area contributed by atoms with Crippen LogP contribution in [-0.4, -0.2) is 14.1 Å². The molecule has 60 valence electrons. The molecule has 0 bridgehead atoms. The van der Waals surface area contributed by atoms with Gasteiger partial charge in [0, 0.05) is 19.8 Å². The molecule has 2 heteroatoms. The summed E-state index contributed by atoms with van der Waals surface area (Å²) < 4.78 is 12.2. The Labute approximate surface area is 66.5 Å². The highest BCUT2D eigenvalue weighted by molar-refractivity contribution is 5.46. The highest BCUT2D eigenvalue weighted by Crippen LogP contribution is 2.13. The topological polar surface area (TPSA) is 3.24 Å². The van der Waals surface area contributed by atoms with Crippen LogP contribution in [0, 0.1) is 0 Å². The first kappa shape index (κ1) is 8.05. The van der Waals surface area contributed by atoms with E-state index in [-0.39, 0.29) is 6.67 Å². The normalized spacial score (nSPS) is 9.73. The predicted molar refractivity (Wildman–Crippen MR) is 45.6 cm³/mol. The van der Waals surface area contributed by atoms with Crippen LogP contribution >= 0.6 is 0 Å². The lowest BCUT2D eigenvalue weighted by Crippen LogP contribution is -2.08. The quantitative estimate of drug-likeness (QED) is 0.629. The van der Waals surface area contributed by atoms with Gasteiger partial charge in [-0.25, -0.2) is 4.39 Å². The van der Waals surface area contributed by atoms with Crippen molar-refractivity contribution in [1.82, 2.24) is 0 Å². The van der Waals surface area contributed by atoms with E-state index >= 15 is 0 Å². The molecule has 0 heterocycles. The molecule has 0 spiro atoms. The van der Waals surface area contributed by atoms with Crippen LogP contribution in [0.5, 0.6) is 0 Å². The van der Waals surface area contributed by atoms with Gasteiger partial charge in [-0.3, -0.25) is 0 Å². The van der Waals surface area contributed by atoms with Crippen molar-refractivity contribution in [1.29, 1.82) is 0 Å². The number of benzene rings is 1. The minimum Gasteiger partial charge on any atom is -0.378 e. The molecule has 1 rings (SSSR count). The standard InChI is InChI=1S/C9H12FN/c1-11(2)9-5-3-4-8(6-9)7-10/h3-6H,7H2,1-2H3. The van der Waals surface area contributed by atoms with Gasteiger partial charge in [-0.2, -0.15) is 0 Å². The third-order valence-electron chi connectivity index (χ3n) is 1.58. The van der Waals surface area contributed by atoms with Crippen molar-refractivity contribution in [3.05, 3.63) is 29.8 Å². The van der Waals surface area contributed by atoms with Crippen molar-refractivity contribution in [2.45, 2.75) is 6.67 Å². The zero-order valence-electron chi connectivity index (χ0n) is 6.84. The SMILES string of the molecule is CN(C)c1cccc(CF)c1. The van der Waals surface area contributed by atoms with Crippen molar-refractivity contribution < 1.29 is 4.39 Å². The molecule has 0 atom stereocenters. The summed E-state index contributed by atoms with van der Waals surface area (Å²) in [5.74, 6) is 0. The van der Waals surface area contributed by atoms with E-state index < -0.39 is 0 Å². The Hall–Kier alpha value is -1.05. The second-order valence-corrected chi connectivity index (χ2v) is 2.70. The summed E-state index contributed by atoms with van der Waals surface area (Å²) in [5, 5.41) is 0. The van der Waals surface area contributed by atoms with Gasteiger partial charge in [0.2, 0.25) is 0 Å². The molecule has 1 aromatic carbocycles. The molecule has 0 fully saturated rings. The van der Waals surface area contributed by atoms with E-state index in [1.54, 1.807) is 6.07 Å². The fourth-order valence-electron chi connectivity index (χ4n) is 0.918. The summed E-state index contributed by atoms with van der Waals surface area (Å²) in [7, 11) is 3.88. The van der Waals surface area contributed by atoms with E-state index in [0.29, 0.717) is 0 Å². The van der Waals surface area contributed by atoms with Crippen molar-refractivity contribution in [3.63, 3.8) is 0 Å². The van der Waals surface area contributed by atoms with Crippen LogP contribution in [0.2, 0.25) is 0 Å². The Morgan fingerprint density at radius 3 is 2.64 bits per heavy atom. The molecule has 0 aromatic heterocycles. The summed E-state index contributed by atoms with van der Waals surface area (Å²) in [4.78, 5) is 1.96. The average molecular weight is 153 g/mol. The maximum atomic E-state index is 12.2. The van der Waals surface area contributed by atoms with Gasteiger partial charge >= 0.3 is 0 Å². The summed E-state index contributed by atoms with van der Waals surface area (Å²) >= 11 is 0. The minimum atomic E-state index is -0.387. The summed E-state index contributed by atoms with van der Waals surface area (Å²) in [6.45, 7) is -0.387. The van der Waals surface area contributed by atoms with Gasteiger partial charge in [0.15, 0.2) is 0 Å². The molecule has 11 heavy (non-hydrogen) atoms. The van der Waals surface area contributed by atoms with Gasteiger partial charge in [0.25, 0.3) is 0 Å². The maximum Gasteiger partial charge on any atom is 0.115 e. The maximum absolute atomic E-state index is 12.2. The number of anilines is 1. The van der Waals surface area contributed by atoms with E-state index in [1.165, 1.54) is 0 Å². The molecule has 0 saturated heterocycles. The molecule has 0 radical (unpaired) electrons. The number of hydrogen-bond acceptors (Lipinski definition) is 1. The second kappa shape index (κ2) is 3.37. The lowest BCUT2D eigenvalue weighted by Gasteiger charge is -2.12. The van der Waals surface area contributed by atoms with Crippen molar-refractivity contribution in [2.24, 2.45) is 0 Å². The van der Waals surface area contributed by atoms with Crippen LogP contribution in [-0.2, 0) is 6.67 Å². The van der Waals surface area contributed by atoms with Crippen LogP contribution in [0.1, 0.15) is 5.56 Å². The van der Waals surface area contributed by atoms with Gasteiger partial charge in [0.05, 0.1) is 0 Å². The predicted octanol–water partition coefficient (Wildman–Crippen LogP) is 2.22. The average Bonchev–Trinajstić information content (AvgIpc) is 2.05. The van der Waals surface area contributed by atoms with Gasteiger partial charge in [-0.15, -0.1) is 0 Å². The van der Waals surface area contributed by atoms with Gasteiger partial charge in [-0.05, 0) is 17.7 Å². The molecular weight excluding hydrogens is 141 g/mol. The van der Waals surface area contributed by atoms with Crippen molar-refractivity contribution >= 4 is 5.69 Å². The number of alkyl halides is 1. The first-order valence-electron chi connectivity index (χ1n) is 3.56. The minimum absolute atomic E-state index is 0.387. The number of hydrogen-bond donors (Lipinski definition) is 0. The molecular formula is C9H12FN. The van der Waals surface area contributed by atoms with Crippen molar-refractivity contribution in [3.8, 4) is 0 Å². The van der Waals surface area contributed by atoms with E-state index in [2.05, 4.69) is 0 Å². The van der Waals surface area contributed by atoms with Gasteiger partial charge < -0.3 is 4.90 Å². The fraction of sp³-hybridized carbons (Fsp3) is 0.333. The molecule has 0 saturated carbocycles. The Kier molecular flexibility index (Phi) is 2.47. The monoisotopic (exact) mass is 153 g/mol. The molecule has 1 aromatic rings. The van der Waals surface area contributed by atoms with Gasteiger partial charge in [-0.1, -0.05) is 12.1 Å². The van der Waals surface area contributed by atoms with Gasteiger partial charge in [0.1, 0.15) is 6.67 Å². The Bertz CT molecular complexity index is 233. The lowest BCUT2D eigenvalue weighted by molar-refractivity contribution is 0.485. The van der Waals surface area contributed by atoms with Crippen LogP contribution < -0.4 is 4.90 Å². The Balaban J connectivity index is 2.91. The van der Waals surface area contributed by atoms with Crippen LogP contribution in [0.4, 0.5) is 10.1 Å². The molecule has 0 N–H and O–H groups in total. The van der Waals surface area contributed by atoms with Crippen LogP contribution in [0.3, 0.4) is 0 Å². The Morgan fingerprint density at radius 2 is 2.09 bits per heavy atom. The summed E-state index contributed by atoms with van der Waals surface area (Å²) in [6.07, 6.45) is 0. The number of halogens is 1. The van der Waals surface area contributed by atoms with E-state index in [4.69, 9.17) is 0 Å². The third-order valence-corrected chi connectivity index (χ3v) is 1.58. The lowest BCUT2D eigenvalue weighted by atomic mass is 10.2.